The molecule has 1 aliphatic heterocycles. The van der Waals surface area contributed by atoms with Gasteiger partial charge in [0.2, 0.25) is 11.8 Å². The van der Waals surface area contributed by atoms with Crippen molar-refractivity contribution in [3.63, 3.8) is 0 Å². The van der Waals surface area contributed by atoms with Crippen LogP contribution in [-0.4, -0.2) is 39.4 Å². The zero-order chi connectivity index (χ0) is 12.5. The monoisotopic (exact) mass is 239 g/mol. The minimum atomic E-state index is -0.105. The zero-order valence-electron chi connectivity index (χ0n) is 10.8. The third-order valence-corrected chi connectivity index (χ3v) is 3.16. The van der Waals surface area contributed by atoms with Crippen LogP contribution in [0.2, 0.25) is 0 Å². The number of aliphatic hydroxyl groups is 1. The Labute approximate surface area is 102 Å². The molecule has 1 fully saturated rings. The standard InChI is InChI=1S/C12H21N3O2/c1-12(2,3)11-14-13-10(17-11)7-15-6-4-5-9(15)8-16/h9,16H,4-8H2,1-3H3/t9-/m1/s1. The molecule has 1 saturated heterocycles. The molecule has 1 aliphatic rings. The van der Waals surface area contributed by atoms with E-state index in [0.717, 1.165) is 19.4 Å². The summed E-state index contributed by atoms with van der Waals surface area (Å²) in [4.78, 5) is 2.21. The quantitative estimate of drug-likeness (QED) is 0.862. The molecular weight excluding hydrogens is 218 g/mol. The van der Waals surface area contributed by atoms with E-state index in [0.29, 0.717) is 18.3 Å². The number of hydrogen-bond donors (Lipinski definition) is 1. The summed E-state index contributed by atoms with van der Waals surface area (Å²) in [7, 11) is 0. The highest BCUT2D eigenvalue weighted by Crippen LogP contribution is 2.23. The maximum absolute atomic E-state index is 9.24. The van der Waals surface area contributed by atoms with Crippen molar-refractivity contribution >= 4 is 0 Å². The van der Waals surface area contributed by atoms with E-state index in [9.17, 15) is 5.11 Å². The van der Waals surface area contributed by atoms with Gasteiger partial charge in [0.15, 0.2) is 0 Å². The van der Waals surface area contributed by atoms with Crippen LogP contribution in [-0.2, 0) is 12.0 Å². The first-order valence-electron chi connectivity index (χ1n) is 6.18. The molecule has 1 N–H and O–H groups in total. The first-order chi connectivity index (χ1) is 8.00. The fourth-order valence-corrected chi connectivity index (χ4v) is 2.10. The Morgan fingerprint density at radius 2 is 2.18 bits per heavy atom. The van der Waals surface area contributed by atoms with Gasteiger partial charge in [0.05, 0.1) is 13.2 Å². The van der Waals surface area contributed by atoms with Crippen molar-refractivity contribution in [1.82, 2.24) is 15.1 Å². The van der Waals surface area contributed by atoms with Crippen LogP contribution >= 0.6 is 0 Å². The number of nitrogens with zero attached hydrogens (tertiary/aromatic N) is 3. The van der Waals surface area contributed by atoms with Crippen LogP contribution in [0.3, 0.4) is 0 Å². The van der Waals surface area contributed by atoms with E-state index in [1.165, 1.54) is 0 Å². The molecule has 0 amide bonds. The Morgan fingerprint density at radius 3 is 2.76 bits per heavy atom. The summed E-state index contributed by atoms with van der Waals surface area (Å²) in [6, 6.07) is 0.250. The highest BCUT2D eigenvalue weighted by atomic mass is 16.4. The topological polar surface area (TPSA) is 62.4 Å². The summed E-state index contributed by atoms with van der Waals surface area (Å²) in [6.45, 7) is 8.01. The van der Waals surface area contributed by atoms with Crippen molar-refractivity contribution in [1.29, 1.82) is 0 Å². The second kappa shape index (κ2) is 4.74. The van der Waals surface area contributed by atoms with Gasteiger partial charge in [-0.05, 0) is 19.4 Å². The van der Waals surface area contributed by atoms with E-state index in [4.69, 9.17) is 4.42 Å². The van der Waals surface area contributed by atoms with E-state index >= 15 is 0 Å². The summed E-state index contributed by atoms with van der Waals surface area (Å²) < 4.78 is 5.66. The van der Waals surface area contributed by atoms with E-state index in [-0.39, 0.29) is 18.1 Å². The number of likely N-dealkylation sites (tertiary alicyclic amines) is 1. The minimum absolute atomic E-state index is 0.105. The third kappa shape index (κ3) is 2.84. The molecule has 96 valence electrons. The SMILES string of the molecule is CC(C)(C)c1nnc(CN2CCC[C@@H]2CO)o1. The largest absolute Gasteiger partial charge is 0.423 e. The lowest BCUT2D eigenvalue weighted by Crippen LogP contribution is -2.31. The molecule has 0 unspecified atom stereocenters. The fourth-order valence-electron chi connectivity index (χ4n) is 2.10. The van der Waals surface area contributed by atoms with Gasteiger partial charge in [0.1, 0.15) is 0 Å². The number of aliphatic hydroxyl groups excluding tert-OH is 1. The van der Waals surface area contributed by atoms with Crippen molar-refractivity contribution in [2.45, 2.75) is 51.6 Å². The van der Waals surface area contributed by atoms with Gasteiger partial charge >= 0.3 is 0 Å². The molecule has 0 aliphatic carbocycles. The van der Waals surface area contributed by atoms with Crippen LogP contribution in [0.1, 0.15) is 45.4 Å². The molecule has 2 heterocycles. The molecule has 2 rings (SSSR count). The molecule has 0 spiro atoms. The maximum Gasteiger partial charge on any atom is 0.230 e. The van der Waals surface area contributed by atoms with Gasteiger partial charge < -0.3 is 9.52 Å². The molecule has 1 aromatic rings. The molecule has 0 aromatic carbocycles. The Balaban J connectivity index is 2.02. The first-order valence-corrected chi connectivity index (χ1v) is 6.18. The Bertz CT molecular complexity index is 370. The van der Waals surface area contributed by atoms with Gasteiger partial charge in [-0.2, -0.15) is 0 Å². The van der Waals surface area contributed by atoms with Crippen LogP contribution in [0.25, 0.3) is 0 Å². The molecule has 0 bridgehead atoms. The molecule has 1 aromatic heterocycles. The lowest BCUT2D eigenvalue weighted by atomic mass is 9.97. The van der Waals surface area contributed by atoms with Crippen molar-refractivity contribution in [3.05, 3.63) is 11.8 Å². The van der Waals surface area contributed by atoms with Crippen LogP contribution in [0.5, 0.6) is 0 Å². The average Bonchev–Trinajstić information content (AvgIpc) is 2.86. The van der Waals surface area contributed by atoms with Crippen molar-refractivity contribution in [3.8, 4) is 0 Å². The minimum Gasteiger partial charge on any atom is -0.423 e. The second-order valence-corrected chi connectivity index (χ2v) is 5.70. The van der Waals surface area contributed by atoms with Crippen LogP contribution in [0, 0.1) is 0 Å². The Kier molecular flexibility index (Phi) is 3.49. The first kappa shape index (κ1) is 12.5. The number of aromatic nitrogens is 2. The summed E-state index contributed by atoms with van der Waals surface area (Å²) in [5.41, 5.74) is -0.105. The van der Waals surface area contributed by atoms with Crippen LogP contribution in [0.15, 0.2) is 4.42 Å². The van der Waals surface area contributed by atoms with Crippen molar-refractivity contribution in [2.75, 3.05) is 13.2 Å². The predicted octanol–water partition coefficient (Wildman–Crippen LogP) is 1.32. The summed E-state index contributed by atoms with van der Waals surface area (Å²) in [5, 5.41) is 17.4. The lowest BCUT2D eigenvalue weighted by Gasteiger charge is -2.20. The van der Waals surface area contributed by atoms with Gasteiger partial charge in [-0.25, -0.2) is 0 Å². The van der Waals surface area contributed by atoms with E-state index in [2.05, 4.69) is 35.9 Å². The third-order valence-electron chi connectivity index (χ3n) is 3.16. The Morgan fingerprint density at radius 1 is 1.41 bits per heavy atom. The van der Waals surface area contributed by atoms with E-state index in [1.807, 2.05) is 0 Å². The van der Waals surface area contributed by atoms with E-state index < -0.39 is 0 Å². The van der Waals surface area contributed by atoms with Gasteiger partial charge in [0, 0.05) is 11.5 Å². The van der Waals surface area contributed by atoms with Crippen molar-refractivity contribution in [2.24, 2.45) is 0 Å². The molecule has 0 radical (unpaired) electrons. The summed E-state index contributed by atoms with van der Waals surface area (Å²) in [6.07, 6.45) is 2.18. The second-order valence-electron chi connectivity index (χ2n) is 5.70. The van der Waals surface area contributed by atoms with Crippen LogP contribution < -0.4 is 0 Å². The summed E-state index contributed by atoms with van der Waals surface area (Å²) in [5.74, 6) is 1.32. The molecule has 5 nitrogen and oxygen atoms in total. The highest BCUT2D eigenvalue weighted by molar-refractivity contribution is 4.96. The molecular formula is C12H21N3O2. The fraction of sp³-hybridized carbons (Fsp3) is 0.833. The van der Waals surface area contributed by atoms with Gasteiger partial charge in [-0.3, -0.25) is 4.90 Å². The smallest absolute Gasteiger partial charge is 0.230 e. The number of hydrogen-bond acceptors (Lipinski definition) is 5. The molecule has 0 saturated carbocycles. The number of rotatable bonds is 3. The molecule has 17 heavy (non-hydrogen) atoms. The van der Waals surface area contributed by atoms with Crippen LogP contribution in [0.4, 0.5) is 0 Å². The molecule has 1 atom stereocenters. The average molecular weight is 239 g/mol. The maximum atomic E-state index is 9.24. The van der Waals surface area contributed by atoms with E-state index in [1.54, 1.807) is 0 Å². The molecule has 5 heteroatoms. The van der Waals surface area contributed by atoms with Crippen molar-refractivity contribution < 1.29 is 9.52 Å². The van der Waals surface area contributed by atoms with Gasteiger partial charge in [0.25, 0.3) is 0 Å². The Hall–Kier alpha value is -0.940. The normalized spacial score (nSPS) is 22.2. The highest BCUT2D eigenvalue weighted by Gasteiger charge is 2.27. The van der Waals surface area contributed by atoms with Gasteiger partial charge in [-0.1, -0.05) is 20.8 Å². The zero-order valence-corrected chi connectivity index (χ0v) is 10.8. The summed E-state index contributed by atoms with van der Waals surface area (Å²) >= 11 is 0. The van der Waals surface area contributed by atoms with Gasteiger partial charge in [-0.15, -0.1) is 10.2 Å². The lowest BCUT2D eigenvalue weighted by molar-refractivity contribution is 0.143. The predicted molar refractivity (Wildman–Crippen MR) is 63.5 cm³/mol.